The summed E-state index contributed by atoms with van der Waals surface area (Å²) in [6, 6.07) is 17.8. The monoisotopic (exact) mass is 454 g/mol. The fourth-order valence-corrected chi connectivity index (χ4v) is 5.47. The van der Waals surface area contributed by atoms with Gasteiger partial charge in [0.25, 0.3) is 10.0 Å². The average Bonchev–Trinajstić information content (AvgIpc) is 3.22. The first-order valence-electron chi connectivity index (χ1n) is 9.81. The molecule has 0 atom stereocenters. The second-order valence-corrected chi connectivity index (χ2v) is 9.31. The molecule has 1 aliphatic rings. The van der Waals surface area contributed by atoms with E-state index in [1.54, 1.807) is 36.4 Å². The Morgan fingerprint density at radius 1 is 0.935 bits per heavy atom. The summed E-state index contributed by atoms with van der Waals surface area (Å²) < 4.78 is 34.0. The lowest BCUT2D eigenvalue weighted by molar-refractivity contribution is 0.122. The van der Waals surface area contributed by atoms with Crippen molar-refractivity contribution in [1.29, 1.82) is 0 Å². The van der Waals surface area contributed by atoms with Gasteiger partial charge in [0, 0.05) is 24.3 Å². The van der Waals surface area contributed by atoms with E-state index >= 15 is 0 Å². The lowest BCUT2D eigenvalue weighted by Crippen LogP contribution is -2.36. The highest BCUT2D eigenvalue weighted by Gasteiger charge is 2.26. The second kappa shape index (κ2) is 7.96. The second-order valence-electron chi connectivity index (χ2n) is 7.16. The summed E-state index contributed by atoms with van der Waals surface area (Å²) in [5.41, 5.74) is 2.48. The predicted octanol–water partition coefficient (Wildman–Crippen LogP) is 3.83. The molecule has 158 valence electrons. The van der Waals surface area contributed by atoms with Crippen LogP contribution < -0.4 is 4.90 Å². The Labute approximate surface area is 184 Å². The highest BCUT2D eigenvalue weighted by molar-refractivity contribution is 7.90. The number of nitrogens with zero attached hydrogens (tertiary/aromatic N) is 4. The van der Waals surface area contributed by atoms with Crippen LogP contribution in [0.1, 0.15) is 0 Å². The standard InChI is InChI=1S/C22H19ClN4O3S/c23-21-19-14-20(16-5-4-6-17(13-16)26-9-11-30-12-10-26)27(22(19)25-15-24-21)31(28,29)18-7-2-1-3-8-18/h1-8,13-15H,9-12H2. The van der Waals surface area contributed by atoms with Gasteiger partial charge >= 0.3 is 0 Å². The smallest absolute Gasteiger partial charge is 0.269 e. The van der Waals surface area contributed by atoms with Crippen LogP contribution in [0.4, 0.5) is 5.69 Å². The number of ether oxygens (including phenoxy) is 1. The molecule has 3 heterocycles. The van der Waals surface area contributed by atoms with E-state index in [0.717, 1.165) is 24.3 Å². The van der Waals surface area contributed by atoms with Gasteiger partial charge in [-0.05, 0) is 30.3 Å². The third kappa shape index (κ3) is 3.56. The van der Waals surface area contributed by atoms with Crippen LogP contribution in [0, 0.1) is 0 Å². The molecule has 1 fully saturated rings. The number of fused-ring (bicyclic) bond motifs is 1. The summed E-state index contributed by atoms with van der Waals surface area (Å²) in [5, 5.41) is 0.688. The van der Waals surface area contributed by atoms with Gasteiger partial charge in [-0.25, -0.2) is 22.4 Å². The first-order chi connectivity index (χ1) is 15.1. The summed E-state index contributed by atoms with van der Waals surface area (Å²) in [4.78, 5) is 10.7. The van der Waals surface area contributed by atoms with E-state index in [1.165, 1.54) is 10.3 Å². The minimum atomic E-state index is -3.92. The van der Waals surface area contributed by atoms with Crippen molar-refractivity contribution in [1.82, 2.24) is 13.9 Å². The molecular formula is C22H19ClN4O3S. The zero-order valence-corrected chi connectivity index (χ0v) is 18.1. The topological polar surface area (TPSA) is 77.3 Å². The molecule has 0 aliphatic carbocycles. The van der Waals surface area contributed by atoms with Crippen LogP contribution >= 0.6 is 11.6 Å². The predicted molar refractivity (Wildman–Crippen MR) is 120 cm³/mol. The van der Waals surface area contributed by atoms with Crippen molar-refractivity contribution in [2.45, 2.75) is 4.90 Å². The van der Waals surface area contributed by atoms with Crippen LogP contribution in [0.3, 0.4) is 0 Å². The van der Waals surface area contributed by atoms with Gasteiger partial charge in [0.15, 0.2) is 5.65 Å². The van der Waals surface area contributed by atoms with Crippen molar-refractivity contribution in [3.8, 4) is 11.3 Å². The molecule has 31 heavy (non-hydrogen) atoms. The number of benzene rings is 2. The Hall–Kier alpha value is -2.94. The molecule has 0 saturated carbocycles. The third-order valence-corrected chi connectivity index (χ3v) is 7.33. The lowest BCUT2D eigenvalue weighted by atomic mass is 10.1. The third-order valence-electron chi connectivity index (χ3n) is 5.31. The first-order valence-corrected chi connectivity index (χ1v) is 11.6. The van der Waals surface area contributed by atoms with Crippen LogP contribution in [0.2, 0.25) is 5.15 Å². The quantitative estimate of drug-likeness (QED) is 0.436. The Morgan fingerprint density at radius 2 is 1.71 bits per heavy atom. The fraction of sp³-hybridized carbons (Fsp3) is 0.182. The number of anilines is 1. The molecule has 0 spiro atoms. The SMILES string of the molecule is O=S(=O)(c1ccccc1)n1c(-c2cccc(N3CCOCC3)c2)cc2c(Cl)ncnc21. The number of halogens is 1. The maximum atomic E-state index is 13.6. The van der Waals surface area contributed by atoms with Crippen LogP contribution in [0.15, 0.2) is 71.9 Å². The number of hydrogen-bond acceptors (Lipinski definition) is 6. The molecule has 1 aliphatic heterocycles. The fourth-order valence-electron chi connectivity index (χ4n) is 3.79. The van der Waals surface area contributed by atoms with Gasteiger partial charge in [0.2, 0.25) is 0 Å². The molecule has 7 nitrogen and oxygen atoms in total. The molecule has 4 aromatic rings. The van der Waals surface area contributed by atoms with Gasteiger partial charge in [0.1, 0.15) is 11.5 Å². The molecule has 1 saturated heterocycles. The van der Waals surface area contributed by atoms with E-state index in [4.69, 9.17) is 16.3 Å². The van der Waals surface area contributed by atoms with E-state index in [0.29, 0.717) is 24.3 Å². The number of morpholine rings is 1. The summed E-state index contributed by atoms with van der Waals surface area (Å²) in [6.07, 6.45) is 1.27. The highest BCUT2D eigenvalue weighted by atomic mass is 35.5. The summed E-state index contributed by atoms with van der Waals surface area (Å²) in [5.74, 6) is 0. The average molecular weight is 455 g/mol. The van der Waals surface area contributed by atoms with Gasteiger partial charge in [-0.1, -0.05) is 41.9 Å². The molecule has 0 N–H and O–H groups in total. The van der Waals surface area contributed by atoms with Crippen molar-refractivity contribution >= 4 is 38.3 Å². The zero-order chi connectivity index (χ0) is 21.4. The highest BCUT2D eigenvalue weighted by Crippen LogP contribution is 2.35. The number of rotatable bonds is 4. The van der Waals surface area contributed by atoms with Crippen LogP contribution in [0.5, 0.6) is 0 Å². The zero-order valence-electron chi connectivity index (χ0n) is 16.5. The Kier molecular flexibility index (Phi) is 5.13. The van der Waals surface area contributed by atoms with E-state index in [-0.39, 0.29) is 15.7 Å². The minimum absolute atomic E-state index is 0.174. The largest absolute Gasteiger partial charge is 0.378 e. The van der Waals surface area contributed by atoms with E-state index in [2.05, 4.69) is 14.9 Å². The lowest BCUT2D eigenvalue weighted by Gasteiger charge is -2.29. The van der Waals surface area contributed by atoms with Crippen molar-refractivity contribution in [2.75, 3.05) is 31.2 Å². The number of aromatic nitrogens is 3. The van der Waals surface area contributed by atoms with Gasteiger partial charge in [-0.2, -0.15) is 0 Å². The maximum Gasteiger partial charge on any atom is 0.269 e. The molecule has 0 amide bonds. The Morgan fingerprint density at radius 3 is 2.48 bits per heavy atom. The van der Waals surface area contributed by atoms with Gasteiger partial charge in [-0.15, -0.1) is 0 Å². The molecule has 5 rings (SSSR count). The summed E-state index contributed by atoms with van der Waals surface area (Å²) >= 11 is 6.30. The molecule has 0 radical (unpaired) electrons. The molecule has 0 bridgehead atoms. The van der Waals surface area contributed by atoms with Gasteiger partial charge in [-0.3, -0.25) is 0 Å². The van der Waals surface area contributed by atoms with E-state index in [9.17, 15) is 8.42 Å². The minimum Gasteiger partial charge on any atom is -0.378 e. The normalized spacial score (nSPS) is 14.8. The molecule has 2 aromatic carbocycles. The summed E-state index contributed by atoms with van der Waals surface area (Å²) in [6.45, 7) is 2.90. The van der Waals surface area contributed by atoms with E-state index in [1.807, 2.05) is 24.3 Å². The van der Waals surface area contributed by atoms with Gasteiger partial charge in [0.05, 0.1) is 29.2 Å². The van der Waals surface area contributed by atoms with Crippen LogP contribution in [-0.4, -0.2) is 48.7 Å². The Bertz CT molecular complexity index is 1350. The molecule has 0 unspecified atom stereocenters. The van der Waals surface area contributed by atoms with Crippen molar-refractivity contribution < 1.29 is 13.2 Å². The molecular weight excluding hydrogens is 436 g/mol. The Balaban J connectivity index is 1.73. The van der Waals surface area contributed by atoms with Crippen LogP contribution in [-0.2, 0) is 14.8 Å². The van der Waals surface area contributed by atoms with E-state index < -0.39 is 10.0 Å². The first kappa shape index (κ1) is 20.0. The summed E-state index contributed by atoms with van der Waals surface area (Å²) in [7, 11) is -3.92. The van der Waals surface area contributed by atoms with Crippen molar-refractivity contribution in [3.05, 3.63) is 72.1 Å². The number of hydrogen-bond donors (Lipinski definition) is 0. The molecule has 2 aromatic heterocycles. The van der Waals surface area contributed by atoms with Crippen molar-refractivity contribution in [3.63, 3.8) is 0 Å². The molecule has 9 heteroatoms. The van der Waals surface area contributed by atoms with Gasteiger partial charge < -0.3 is 9.64 Å². The van der Waals surface area contributed by atoms with Crippen LogP contribution in [0.25, 0.3) is 22.3 Å². The maximum absolute atomic E-state index is 13.6. The van der Waals surface area contributed by atoms with Crippen molar-refractivity contribution in [2.24, 2.45) is 0 Å².